The molecule has 102 valence electrons. The first-order valence-corrected chi connectivity index (χ1v) is 7.17. The summed E-state index contributed by atoms with van der Waals surface area (Å²) in [5.74, 6) is 0.119. The molecule has 0 bridgehead atoms. The van der Waals surface area contributed by atoms with Gasteiger partial charge in [0.15, 0.2) is 0 Å². The van der Waals surface area contributed by atoms with Crippen LogP contribution in [0.1, 0.15) is 30.0 Å². The maximum absolute atomic E-state index is 12.3. The van der Waals surface area contributed by atoms with Gasteiger partial charge in [0.05, 0.1) is 12.1 Å². The predicted molar refractivity (Wildman–Crippen MR) is 74.9 cm³/mol. The second-order valence-electron chi connectivity index (χ2n) is 5.36. The fourth-order valence-corrected chi connectivity index (χ4v) is 3.01. The van der Waals surface area contributed by atoms with Crippen LogP contribution < -0.4 is 16.0 Å². The van der Waals surface area contributed by atoms with Gasteiger partial charge < -0.3 is 16.0 Å². The number of nitrogens with one attached hydrogen (secondary N) is 3. The van der Waals surface area contributed by atoms with Crippen molar-refractivity contribution in [3.63, 3.8) is 0 Å². The Morgan fingerprint density at radius 3 is 3.00 bits per heavy atom. The van der Waals surface area contributed by atoms with Crippen LogP contribution in [0.5, 0.6) is 0 Å². The highest BCUT2D eigenvalue weighted by Crippen LogP contribution is 2.29. The van der Waals surface area contributed by atoms with Crippen molar-refractivity contribution in [1.29, 1.82) is 0 Å². The quantitative estimate of drug-likeness (QED) is 0.734. The fourth-order valence-electron chi connectivity index (χ4n) is 3.01. The Morgan fingerprint density at radius 2 is 2.16 bits per heavy atom. The van der Waals surface area contributed by atoms with Gasteiger partial charge in [0, 0.05) is 19.6 Å². The van der Waals surface area contributed by atoms with Crippen LogP contribution in [0, 0.1) is 0 Å². The molecule has 1 unspecified atom stereocenters. The average Bonchev–Trinajstić information content (AvgIpc) is 2.48. The average molecular weight is 259 g/mol. The first-order chi connectivity index (χ1) is 9.34. The lowest BCUT2D eigenvalue weighted by molar-refractivity contribution is -0.124. The van der Waals surface area contributed by atoms with Crippen molar-refractivity contribution in [3.05, 3.63) is 35.4 Å². The minimum Gasteiger partial charge on any atom is -0.348 e. The van der Waals surface area contributed by atoms with Gasteiger partial charge in [0.2, 0.25) is 5.91 Å². The van der Waals surface area contributed by atoms with Crippen LogP contribution in [0.3, 0.4) is 0 Å². The summed E-state index contributed by atoms with van der Waals surface area (Å²) in [6.07, 6.45) is 3.33. The van der Waals surface area contributed by atoms with Crippen molar-refractivity contribution < 1.29 is 4.79 Å². The van der Waals surface area contributed by atoms with Crippen LogP contribution in [-0.2, 0) is 11.2 Å². The van der Waals surface area contributed by atoms with Crippen LogP contribution >= 0.6 is 0 Å². The number of rotatable bonds is 2. The highest BCUT2D eigenvalue weighted by Gasteiger charge is 2.26. The standard InChI is InChI=1S/C15H21N3O/c19-15(14-10-16-8-9-17-14)18-13-7-3-5-11-4-1-2-6-12(11)13/h1-2,4,6,13-14,16-17H,3,5,7-10H2,(H,18,19)/t13-,14?/m1/s1. The lowest BCUT2D eigenvalue weighted by atomic mass is 9.87. The highest BCUT2D eigenvalue weighted by molar-refractivity contribution is 5.82. The Kier molecular flexibility index (Phi) is 3.80. The van der Waals surface area contributed by atoms with E-state index in [0.717, 1.165) is 38.9 Å². The van der Waals surface area contributed by atoms with E-state index in [1.54, 1.807) is 0 Å². The fraction of sp³-hybridized carbons (Fsp3) is 0.533. The monoisotopic (exact) mass is 259 g/mol. The van der Waals surface area contributed by atoms with E-state index in [1.165, 1.54) is 11.1 Å². The molecule has 19 heavy (non-hydrogen) atoms. The lowest BCUT2D eigenvalue weighted by Crippen LogP contribution is -2.56. The summed E-state index contributed by atoms with van der Waals surface area (Å²) < 4.78 is 0. The summed E-state index contributed by atoms with van der Waals surface area (Å²) in [7, 11) is 0. The minimum absolute atomic E-state index is 0.0946. The van der Waals surface area contributed by atoms with Crippen LogP contribution in [-0.4, -0.2) is 31.6 Å². The molecule has 0 aromatic heterocycles. The number of piperazine rings is 1. The SMILES string of the molecule is O=C(N[C@@H]1CCCc2ccccc21)C1CNCCN1. The Bertz CT molecular complexity index is 454. The molecule has 1 heterocycles. The maximum Gasteiger partial charge on any atom is 0.238 e. The first kappa shape index (κ1) is 12.6. The summed E-state index contributed by atoms with van der Waals surface area (Å²) in [4.78, 5) is 12.3. The van der Waals surface area contributed by atoms with Crippen LogP contribution in [0.25, 0.3) is 0 Å². The van der Waals surface area contributed by atoms with E-state index in [9.17, 15) is 4.79 Å². The van der Waals surface area contributed by atoms with Crippen LogP contribution in [0.15, 0.2) is 24.3 Å². The first-order valence-electron chi connectivity index (χ1n) is 7.17. The van der Waals surface area contributed by atoms with Gasteiger partial charge in [-0.3, -0.25) is 4.79 Å². The summed E-state index contributed by atoms with van der Waals surface area (Å²) >= 11 is 0. The van der Waals surface area contributed by atoms with Crippen molar-refractivity contribution in [3.8, 4) is 0 Å². The summed E-state index contributed by atoms with van der Waals surface area (Å²) in [6.45, 7) is 2.52. The number of hydrogen-bond acceptors (Lipinski definition) is 3. The molecule has 0 spiro atoms. The van der Waals surface area contributed by atoms with Gasteiger partial charge in [-0.05, 0) is 30.4 Å². The second kappa shape index (κ2) is 5.72. The third-order valence-electron chi connectivity index (χ3n) is 4.04. The number of amides is 1. The molecule has 3 N–H and O–H groups in total. The number of fused-ring (bicyclic) bond motifs is 1. The molecule has 3 rings (SSSR count). The number of benzene rings is 1. The van der Waals surface area contributed by atoms with Gasteiger partial charge in [0.25, 0.3) is 0 Å². The molecule has 1 aromatic carbocycles. The molecule has 2 aliphatic rings. The number of carbonyl (C=O) groups is 1. The number of carbonyl (C=O) groups excluding carboxylic acids is 1. The van der Waals surface area contributed by atoms with E-state index in [0.29, 0.717) is 0 Å². The van der Waals surface area contributed by atoms with Crippen LogP contribution in [0.2, 0.25) is 0 Å². The maximum atomic E-state index is 12.3. The lowest BCUT2D eigenvalue weighted by Gasteiger charge is -2.30. The predicted octanol–water partition coefficient (Wildman–Crippen LogP) is 0.742. The molecule has 4 nitrogen and oxygen atoms in total. The van der Waals surface area contributed by atoms with Crippen molar-refractivity contribution in [2.45, 2.75) is 31.3 Å². The zero-order chi connectivity index (χ0) is 13.1. The van der Waals surface area contributed by atoms with E-state index in [1.807, 2.05) is 0 Å². The molecule has 1 aliphatic heterocycles. The highest BCUT2D eigenvalue weighted by atomic mass is 16.2. The Labute approximate surface area is 114 Å². The molecule has 4 heteroatoms. The van der Waals surface area contributed by atoms with E-state index in [4.69, 9.17) is 0 Å². The molecule has 1 amide bonds. The Balaban J connectivity index is 1.68. The molecule has 1 aliphatic carbocycles. The summed E-state index contributed by atoms with van der Waals surface area (Å²) in [5, 5.41) is 9.71. The number of aryl methyl sites for hydroxylation is 1. The third kappa shape index (κ3) is 2.80. The molecule has 1 saturated heterocycles. The summed E-state index contributed by atoms with van der Waals surface area (Å²) in [5.41, 5.74) is 2.68. The van der Waals surface area contributed by atoms with Gasteiger partial charge >= 0.3 is 0 Å². The molecule has 1 aromatic rings. The van der Waals surface area contributed by atoms with Crippen molar-refractivity contribution in [2.24, 2.45) is 0 Å². The third-order valence-corrected chi connectivity index (χ3v) is 4.04. The van der Waals surface area contributed by atoms with Crippen molar-refractivity contribution in [1.82, 2.24) is 16.0 Å². The summed E-state index contributed by atoms with van der Waals surface area (Å²) in [6, 6.07) is 8.54. The molecular formula is C15H21N3O. The molecule has 1 fully saturated rings. The Morgan fingerprint density at radius 1 is 1.26 bits per heavy atom. The smallest absolute Gasteiger partial charge is 0.238 e. The zero-order valence-electron chi connectivity index (χ0n) is 11.1. The van der Waals surface area contributed by atoms with Gasteiger partial charge in [-0.25, -0.2) is 0 Å². The zero-order valence-corrected chi connectivity index (χ0v) is 11.1. The minimum atomic E-state index is -0.0946. The topological polar surface area (TPSA) is 53.2 Å². The van der Waals surface area contributed by atoms with E-state index < -0.39 is 0 Å². The van der Waals surface area contributed by atoms with E-state index in [2.05, 4.69) is 40.2 Å². The van der Waals surface area contributed by atoms with Crippen molar-refractivity contribution >= 4 is 5.91 Å². The normalized spacial score (nSPS) is 26.5. The molecule has 0 radical (unpaired) electrons. The van der Waals surface area contributed by atoms with Crippen molar-refractivity contribution in [2.75, 3.05) is 19.6 Å². The van der Waals surface area contributed by atoms with E-state index >= 15 is 0 Å². The van der Waals surface area contributed by atoms with Gasteiger partial charge in [-0.1, -0.05) is 24.3 Å². The second-order valence-corrected chi connectivity index (χ2v) is 5.36. The molecular weight excluding hydrogens is 238 g/mol. The largest absolute Gasteiger partial charge is 0.348 e. The molecule has 0 saturated carbocycles. The van der Waals surface area contributed by atoms with Gasteiger partial charge in [-0.2, -0.15) is 0 Å². The van der Waals surface area contributed by atoms with Gasteiger partial charge in [-0.15, -0.1) is 0 Å². The van der Waals surface area contributed by atoms with E-state index in [-0.39, 0.29) is 18.0 Å². The van der Waals surface area contributed by atoms with Gasteiger partial charge in [0.1, 0.15) is 0 Å². The number of hydrogen-bond donors (Lipinski definition) is 3. The van der Waals surface area contributed by atoms with Crippen LogP contribution in [0.4, 0.5) is 0 Å². The Hall–Kier alpha value is -1.39. The molecule has 2 atom stereocenters.